The molecule has 1 amide bonds. The van der Waals surface area contributed by atoms with Crippen molar-refractivity contribution in [3.8, 4) is 0 Å². The molecule has 0 bridgehead atoms. The maximum absolute atomic E-state index is 13.5. The van der Waals surface area contributed by atoms with Gasteiger partial charge in [0, 0.05) is 37.2 Å². The van der Waals surface area contributed by atoms with Crippen LogP contribution in [0, 0.1) is 0 Å². The zero-order valence-corrected chi connectivity index (χ0v) is 19.0. The van der Waals surface area contributed by atoms with Crippen molar-refractivity contribution >= 4 is 21.4 Å². The summed E-state index contributed by atoms with van der Waals surface area (Å²) >= 11 is 0. The molecule has 0 radical (unpaired) electrons. The molecule has 0 saturated carbocycles. The summed E-state index contributed by atoms with van der Waals surface area (Å²) in [7, 11) is -3.95. The van der Waals surface area contributed by atoms with Gasteiger partial charge in [-0.3, -0.25) is 9.69 Å². The van der Waals surface area contributed by atoms with Crippen LogP contribution >= 0.6 is 0 Å². The van der Waals surface area contributed by atoms with Crippen LogP contribution in [0.25, 0.3) is 0 Å². The van der Waals surface area contributed by atoms with Crippen molar-refractivity contribution in [2.24, 2.45) is 0 Å². The van der Waals surface area contributed by atoms with Gasteiger partial charge in [-0.05, 0) is 41.8 Å². The lowest BCUT2D eigenvalue weighted by molar-refractivity contribution is -0.0553. The first-order valence-corrected chi connectivity index (χ1v) is 12.1. The van der Waals surface area contributed by atoms with Crippen LogP contribution in [-0.4, -0.2) is 43.6 Å². The van der Waals surface area contributed by atoms with Crippen molar-refractivity contribution in [2.45, 2.75) is 48.8 Å². The van der Waals surface area contributed by atoms with Crippen molar-refractivity contribution in [3.63, 3.8) is 0 Å². The van der Waals surface area contributed by atoms with Gasteiger partial charge in [0.05, 0.1) is 4.90 Å². The lowest BCUT2D eigenvalue weighted by atomic mass is 10.0. The third kappa shape index (κ3) is 5.42. The highest BCUT2D eigenvalue weighted by molar-refractivity contribution is 7.92. The number of carbonyl (C=O) groups excluding carboxylic acids is 1. The topological polar surface area (TPSA) is 66.5 Å². The maximum atomic E-state index is 13.5. The number of hydrogen-bond acceptors (Lipinski definition) is 4. The number of benzene rings is 2. The molecule has 3 rings (SSSR count). The summed E-state index contributed by atoms with van der Waals surface area (Å²) in [4.78, 5) is 14.1. The molecule has 1 N–H and O–H groups in total. The Labute approximate surface area is 188 Å². The number of anilines is 1. The zero-order chi connectivity index (χ0) is 23.5. The Morgan fingerprint density at radius 1 is 1.12 bits per heavy atom. The number of sulfone groups is 1. The molecule has 172 valence electrons. The Hall–Kier alpha value is -2.58. The van der Waals surface area contributed by atoms with E-state index in [0.29, 0.717) is 11.6 Å². The fourth-order valence-electron chi connectivity index (χ4n) is 3.69. The van der Waals surface area contributed by atoms with Gasteiger partial charge >= 0.3 is 0 Å². The number of piperidine rings is 1. The molecule has 0 aliphatic carbocycles. The molecule has 5 nitrogen and oxygen atoms in total. The fourth-order valence-corrected chi connectivity index (χ4v) is 5.38. The lowest BCUT2D eigenvalue weighted by Crippen LogP contribution is -2.47. The SMILES string of the molecule is C=CC(N1CCC(F)(F)CC1)S(=O)(=O)c1cccc(C(=O)Nc2ccc(C(C)C)cc2)c1. The van der Waals surface area contributed by atoms with Gasteiger partial charge in [0.15, 0.2) is 9.84 Å². The second-order valence-corrected chi connectivity index (χ2v) is 10.4. The largest absolute Gasteiger partial charge is 0.322 e. The summed E-state index contributed by atoms with van der Waals surface area (Å²) in [6, 6.07) is 13.2. The molecule has 2 aromatic carbocycles. The molecule has 0 spiro atoms. The van der Waals surface area contributed by atoms with E-state index < -0.39 is 39.9 Å². The van der Waals surface area contributed by atoms with Crippen molar-refractivity contribution in [1.29, 1.82) is 0 Å². The molecule has 2 aromatic rings. The van der Waals surface area contributed by atoms with Gasteiger partial charge in [0.2, 0.25) is 0 Å². The van der Waals surface area contributed by atoms with E-state index in [1.165, 1.54) is 35.2 Å². The summed E-state index contributed by atoms with van der Waals surface area (Å²) in [6.45, 7) is 7.67. The summed E-state index contributed by atoms with van der Waals surface area (Å²) in [6.07, 6.45) is 0.456. The molecule has 1 aliphatic heterocycles. The van der Waals surface area contributed by atoms with E-state index in [4.69, 9.17) is 0 Å². The number of likely N-dealkylation sites (tertiary alicyclic amines) is 1. The molecule has 1 fully saturated rings. The normalized spacial score (nSPS) is 17.7. The molecule has 1 heterocycles. The van der Waals surface area contributed by atoms with E-state index in [2.05, 4.69) is 25.7 Å². The first kappa shape index (κ1) is 24.1. The molecule has 1 unspecified atom stereocenters. The highest BCUT2D eigenvalue weighted by Gasteiger charge is 2.39. The second-order valence-electron chi connectivity index (χ2n) is 8.32. The van der Waals surface area contributed by atoms with Gasteiger partial charge in [-0.25, -0.2) is 17.2 Å². The van der Waals surface area contributed by atoms with Crippen LogP contribution in [0.5, 0.6) is 0 Å². The molecule has 32 heavy (non-hydrogen) atoms. The van der Waals surface area contributed by atoms with E-state index in [0.717, 1.165) is 5.56 Å². The number of amides is 1. The summed E-state index contributed by atoms with van der Waals surface area (Å²) < 4.78 is 53.5. The molecule has 8 heteroatoms. The van der Waals surface area contributed by atoms with Crippen LogP contribution in [0.1, 0.15) is 48.5 Å². The summed E-state index contributed by atoms with van der Waals surface area (Å²) in [5.74, 6) is -2.85. The zero-order valence-electron chi connectivity index (χ0n) is 18.2. The van der Waals surface area contributed by atoms with Gasteiger partial charge in [0.25, 0.3) is 11.8 Å². The van der Waals surface area contributed by atoms with E-state index in [1.807, 2.05) is 12.1 Å². The van der Waals surface area contributed by atoms with Crippen LogP contribution in [0.3, 0.4) is 0 Å². The lowest BCUT2D eigenvalue weighted by Gasteiger charge is -2.35. The fraction of sp³-hybridized carbons (Fsp3) is 0.375. The average Bonchev–Trinajstić information content (AvgIpc) is 2.75. The van der Waals surface area contributed by atoms with Crippen LogP contribution in [0.2, 0.25) is 0 Å². The molecule has 0 aromatic heterocycles. The first-order valence-electron chi connectivity index (χ1n) is 10.5. The number of alkyl halides is 2. The first-order chi connectivity index (χ1) is 15.0. The summed E-state index contributed by atoms with van der Waals surface area (Å²) in [5, 5.41) is 1.63. The van der Waals surface area contributed by atoms with Crippen LogP contribution in [0.15, 0.2) is 66.1 Å². The maximum Gasteiger partial charge on any atom is 0.255 e. The Bertz CT molecular complexity index is 1070. The standard InChI is InChI=1S/C24H28F2N2O3S/c1-4-22(28-14-12-24(25,26)13-15-28)32(30,31)21-7-5-6-19(16-21)23(29)27-20-10-8-18(9-11-20)17(2)3/h4-11,16-17,22H,1,12-15H2,2-3H3,(H,27,29). The highest BCUT2D eigenvalue weighted by atomic mass is 32.2. The number of hydrogen-bond donors (Lipinski definition) is 1. The minimum Gasteiger partial charge on any atom is -0.322 e. The highest BCUT2D eigenvalue weighted by Crippen LogP contribution is 2.31. The predicted octanol–water partition coefficient (Wildman–Crippen LogP) is 5.08. The van der Waals surface area contributed by atoms with Crippen LogP contribution < -0.4 is 5.32 Å². The Morgan fingerprint density at radius 2 is 1.75 bits per heavy atom. The quantitative estimate of drug-likeness (QED) is 0.583. The number of nitrogens with zero attached hydrogens (tertiary/aromatic N) is 1. The van der Waals surface area contributed by atoms with E-state index in [1.54, 1.807) is 12.1 Å². The van der Waals surface area contributed by atoms with Gasteiger partial charge in [-0.1, -0.05) is 38.1 Å². The number of rotatable bonds is 7. The van der Waals surface area contributed by atoms with Crippen molar-refractivity contribution in [1.82, 2.24) is 4.90 Å². The Morgan fingerprint density at radius 3 is 2.31 bits per heavy atom. The number of nitrogens with one attached hydrogen (secondary N) is 1. The third-order valence-electron chi connectivity index (χ3n) is 5.67. The molecular formula is C24H28F2N2O3S. The number of halogens is 2. The van der Waals surface area contributed by atoms with Gasteiger partial charge in [0.1, 0.15) is 5.37 Å². The average molecular weight is 463 g/mol. The molecule has 1 atom stereocenters. The van der Waals surface area contributed by atoms with Crippen molar-refractivity contribution in [2.75, 3.05) is 18.4 Å². The summed E-state index contributed by atoms with van der Waals surface area (Å²) in [5.41, 5.74) is 1.93. The molecule has 1 saturated heterocycles. The minimum absolute atomic E-state index is 0.0462. The minimum atomic E-state index is -3.95. The Balaban J connectivity index is 1.79. The van der Waals surface area contributed by atoms with Gasteiger partial charge < -0.3 is 5.32 Å². The van der Waals surface area contributed by atoms with Crippen molar-refractivity contribution < 1.29 is 22.0 Å². The van der Waals surface area contributed by atoms with E-state index >= 15 is 0 Å². The van der Waals surface area contributed by atoms with Gasteiger partial charge in [-0.2, -0.15) is 0 Å². The molecule has 1 aliphatic rings. The Kier molecular flexibility index (Phi) is 7.15. The van der Waals surface area contributed by atoms with E-state index in [-0.39, 0.29) is 23.5 Å². The number of carbonyl (C=O) groups is 1. The third-order valence-corrected chi connectivity index (χ3v) is 7.71. The van der Waals surface area contributed by atoms with Crippen molar-refractivity contribution in [3.05, 3.63) is 72.3 Å². The monoisotopic (exact) mass is 462 g/mol. The van der Waals surface area contributed by atoms with E-state index in [9.17, 15) is 22.0 Å². The molecular weight excluding hydrogens is 434 g/mol. The second kappa shape index (κ2) is 9.50. The predicted molar refractivity (Wildman–Crippen MR) is 122 cm³/mol. The van der Waals surface area contributed by atoms with Crippen LogP contribution in [0.4, 0.5) is 14.5 Å². The van der Waals surface area contributed by atoms with Crippen LogP contribution in [-0.2, 0) is 9.84 Å². The smallest absolute Gasteiger partial charge is 0.255 e. The van der Waals surface area contributed by atoms with Gasteiger partial charge in [-0.15, -0.1) is 6.58 Å².